The van der Waals surface area contributed by atoms with E-state index in [0.717, 1.165) is 33.3 Å². The Labute approximate surface area is 132 Å². The molecular weight excluding hydrogens is 286 g/mol. The summed E-state index contributed by atoms with van der Waals surface area (Å²) in [5.41, 5.74) is 5.06. The number of nitrogens with one attached hydrogen (secondary N) is 1. The van der Waals surface area contributed by atoms with E-state index in [4.69, 9.17) is 0 Å². The molecule has 4 aromatic rings. The smallest absolute Gasteiger partial charge is 0.116 e. The third kappa shape index (κ3) is 2.23. The van der Waals surface area contributed by atoms with Gasteiger partial charge in [0.2, 0.25) is 0 Å². The van der Waals surface area contributed by atoms with Crippen LogP contribution in [0.4, 0.5) is 0 Å². The van der Waals surface area contributed by atoms with Crippen molar-refractivity contribution < 1.29 is 0 Å². The Kier molecular flexibility index (Phi) is 3.06. The van der Waals surface area contributed by atoms with Crippen LogP contribution in [0.15, 0.2) is 61.2 Å². The maximum absolute atomic E-state index is 9.48. The van der Waals surface area contributed by atoms with Gasteiger partial charge in [0.1, 0.15) is 6.33 Å². The predicted octanol–water partition coefficient (Wildman–Crippen LogP) is 3.56. The second-order valence-electron chi connectivity index (χ2n) is 5.11. The summed E-state index contributed by atoms with van der Waals surface area (Å²) in [6.07, 6.45) is 4.96. The quantitative estimate of drug-likeness (QED) is 0.613. The minimum atomic E-state index is 0.589. The standard InChI is InChI=1S/C18H11N5/c19-9-13-2-1-3-15(18(13)16-6-7-20-11-21-16)12-4-5-14-10-22-23-17(14)8-12/h1-8,10-11H,(H,22,23). The number of hydrogen-bond donors (Lipinski definition) is 1. The molecule has 23 heavy (non-hydrogen) atoms. The molecule has 108 valence electrons. The number of aromatic amines is 1. The molecule has 5 nitrogen and oxygen atoms in total. The van der Waals surface area contributed by atoms with Gasteiger partial charge in [0.15, 0.2) is 0 Å². The first-order valence-electron chi connectivity index (χ1n) is 7.10. The van der Waals surface area contributed by atoms with Crippen LogP contribution in [-0.2, 0) is 0 Å². The maximum atomic E-state index is 9.48. The SMILES string of the molecule is N#Cc1cccc(-c2ccc3cn[nH]c3c2)c1-c1ccncn1. The number of rotatable bonds is 2. The number of nitriles is 1. The van der Waals surface area contributed by atoms with Gasteiger partial charge in [-0.15, -0.1) is 0 Å². The highest BCUT2D eigenvalue weighted by atomic mass is 15.1. The van der Waals surface area contributed by atoms with Crippen LogP contribution in [-0.4, -0.2) is 20.2 Å². The van der Waals surface area contributed by atoms with Crippen molar-refractivity contribution in [1.82, 2.24) is 20.2 Å². The average Bonchev–Trinajstić information content (AvgIpc) is 3.09. The molecule has 2 heterocycles. The Morgan fingerprint density at radius 2 is 2.04 bits per heavy atom. The molecule has 0 unspecified atom stereocenters. The number of fused-ring (bicyclic) bond motifs is 1. The normalized spacial score (nSPS) is 10.6. The van der Waals surface area contributed by atoms with Crippen molar-refractivity contribution in [3.8, 4) is 28.5 Å². The van der Waals surface area contributed by atoms with Gasteiger partial charge in [-0.2, -0.15) is 10.4 Å². The number of aromatic nitrogens is 4. The van der Waals surface area contributed by atoms with E-state index < -0.39 is 0 Å². The molecule has 0 fully saturated rings. The zero-order valence-electron chi connectivity index (χ0n) is 12.1. The molecule has 0 aliphatic rings. The molecule has 5 heteroatoms. The topological polar surface area (TPSA) is 78.2 Å². The van der Waals surface area contributed by atoms with Gasteiger partial charge in [-0.25, -0.2) is 9.97 Å². The first kappa shape index (κ1) is 13.2. The molecule has 0 radical (unpaired) electrons. The molecule has 0 saturated heterocycles. The van der Waals surface area contributed by atoms with E-state index in [1.807, 2.05) is 36.4 Å². The van der Waals surface area contributed by atoms with Gasteiger partial charge in [0.05, 0.1) is 29.0 Å². The fourth-order valence-corrected chi connectivity index (χ4v) is 2.71. The third-order valence-corrected chi connectivity index (χ3v) is 3.78. The van der Waals surface area contributed by atoms with Gasteiger partial charge in [0.25, 0.3) is 0 Å². The Balaban J connectivity index is 2.00. The van der Waals surface area contributed by atoms with Crippen LogP contribution in [0.5, 0.6) is 0 Å². The van der Waals surface area contributed by atoms with Gasteiger partial charge >= 0.3 is 0 Å². The van der Waals surface area contributed by atoms with Crippen molar-refractivity contribution in [2.75, 3.05) is 0 Å². The zero-order valence-corrected chi connectivity index (χ0v) is 12.1. The molecule has 0 atom stereocenters. The monoisotopic (exact) mass is 297 g/mol. The Hall–Kier alpha value is -3.52. The Bertz CT molecular complexity index is 1030. The number of nitrogens with zero attached hydrogens (tertiary/aromatic N) is 4. The van der Waals surface area contributed by atoms with Crippen molar-refractivity contribution >= 4 is 10.9 Å². The largest absolute Gasteiger partial charge is 0.278 e. The summed E-state index contributed by atoms with van der Waals surface area (Å²) in [6.45, 7) is 0. The summed E-state index contributed by atoms with van der Waals surface area (Å²) in [7, 11) is 0. The lowest BCUT2D eigenvalue weighted by molar-refractivity contribution is 1.12. The van der Waals surface area contributed by atoms with Crippen LogP contribution in [0.1, 0.15) is 5.56 Å². The third-order valence-electron chi connectivity index (χ3n) is 3.78. The summed E-state index contributed by atoms with van der Waals surface area (Å²) in [5, 5.41) is 17.6. The molecule has 0 amide bonds. The van der Waals surface area contributed by atoms with Crippen molar-refractivity contribution in [2.45, 2.75) is 0 Å². The van der Waals surface area contributed by atoms with Crippen molar-refractivity contribution in [3.63, 3.8) is 0 Å². The van der Waals surface area contributed by atoms with E-state index in [-0.39, 0.29) is 0 Å². The molecule has 2 aromatic carbocycles. The van der Waals surface area contributed by atoms with Gasteiger partial charge in [-0.1, -0.05) is 24.3 Å². The van der Waals surface area contributed by atoms with Gasteiger partial charge in [-0.05, 0) is 29.3 Å². The van der Waals surface area contributed by atoms with Gasteiger partial charge < -0.3 is 0 Å². The minimum absolute atomic E-state index is 0.589. The van der Waals surface area contributed by atoms with Gasteiger partial charge in [-0.3, -0.25) is 5.10 Å². The van der Waals surface area contributed by atoms with Crippen LogP contribution < -0.4 is 0 Å². The average molecular weight is 297 g/mol. The van der Waals surface area contributed by atoms with Crippen molar-refractivity contribution in [1.29, 1.82) is 5.26 Å². The van der Waals surface area contributed by atoms with E-state index in [2.05, 4.69) is 26.2 Å². The molecule has 0 bridgehead atoms. The fraction of sp³-hybridized carbons (Fsp3) is 0. The first-order chi connectivity index (χ1) is 11.4. The van der Waals surface area contributed by atoms with E-state index >= 15 is 0 Å². The number of hydrogen-bond acceptors (Lipinski definition) is 4. The van der Waals surface area contributed by atoms with Crippen molar-refractivity contribution in [2.24, 2.45) is 0 Å². The number of H-pyrrole nitrogens is 1. The summed E-state index contributed by atoms with van der Waals surface area (Å²) in [6, 6.07) is 15.8. The highest BCUT2D eigenvalue weighted by Gasteiger charge is 2.14. The van der Waals surface area contributed by atoms with E-state index in [1.165, 1.54) is 6.33 Å². The molecule has 1 N–H and O–H groups in total. The Morgan fingerprint density at radius 3 is 2.87 bits per heavy atom. The second kappa shape index (κ2) is 5.35. The van der Waals surface area contributed by atoms with Crippen molar-refractivity contribution in [3.05, 3.63) is 66.7 Å². The highest BCUT2D eigenvalue weighted by Crippen LogP contribution is 2.34. The molecule has 0 saturated carbocycles. The fourth-order valence-electron chi connectivity index (χ4n) is 2.71. The van der Waals surface area contributed by atoms with Crippen LogP contribution in [0.2, 0.25) is 0 Å². The summed E-state index contributed by atoms with van der Waals surface area (Å²) >= 11 is 0. The second-order valence-corrected chi connectivity index (χ2v) is 5.11. The molecule has 4 rings (SSSR count). The molecule has 0 spiro atoms. The Morgan fingerprint density at radius 1 is 1.09 bits per heavy atom. The minimum Gasteiger partial charge on any atom is -0.278 e. The van der Waals surface area contributed by atoms with E-state index in [9.17, 15) is 5.26 Å². The lowest BCUT2D eigenvalue weighted by atomic mass is 9.93. The predicted molar refractivity (Wildman–Crippen MR) is 87.3 cm³/mol. The summed E-state index contributed by atoms with van der Waals surface area (Å²) in [5.74, 6) is 0. The zero-order chi connectivity index (χ0) is 15.6. The van der Waals surface area contributed by atoms with E-state index in [0.29, 0.717) is 5.56 Å². The maximum Gasteiger partial charge on any atom is 0.116 e. The lowest BCUT2D eigenvalue weighted by Crippen LogP contribution is -1.92. The van der Waals surface area contributed by atoms with E-state index in [1.54, 1.807) is 18.5 Å². The van der Waals surface area contributed by atoms with Crippen LogP contribution in [0, 0.1) is 11.3 Å². The summed E-state index contributed by atoms with van der Waals surface area (Å²) in [4.78, 5) is 8.27. The highest BCUT2D eigenvalue weighted by molar-refractivity contribution is 5.90. The molecular formula is C18H11N5. The van der Waals surface area contributed by atoms with Crippen LogP contribution in [0.25, 0.3) is 33.3 Å². The summed E-state index contributed by atoms with van der Waals surface area (Å²) < 4.78 is 0. The number of benzene rings is 2. The van der Waals surface area contributed by atoms with Gasteiger partial charge in [0, 0.05) is 17.1 Å². The molecule has 0 aliphatic heterocycles. The molecule has 2 aromatic heterocycles. The van der Waals surface area contributed by atoms with Crippen LogP contribution in [0.3, 0.4) is 0 Å². The lowest BCUT2D eigenvalue weighted by Gasteiger charge is -2.11. The van der Waals surface area contributed by atoms with Crippen LogP contribution >= 0.6 is 0 Å². The first-order valence-corrected chi connectivity index (χ1v) is 7.10. The molecule has 0 aliphatic carbocycles.